The van der Waals surface area contributed by atoms with Crippen LogP contribution in [-0.2, 0) is 16.0 Å². The smallest absolute Gasteiger partial charge is 0.337 e. The van der Waals surface area contributed by atoms with Gasteiger partial charge in [-0.3, -0.25) is 0 Å². The fourth-order valence-corrected chi connectivity index (χ4v) is 5.18. The average molecular weight is 538 g/mol. The summed E-state index contributed by atoms with van der Waals surface area (Å²) in [5, 5.41) is 15.7. The van der Waals surface area contributed by atoms with Gasteiger partial charge in [-0.1, -0.05) is 23.7 Å². The number of ether oxygens (including phenoxy) is 2. The number of halogens is 2. The molecule has 0 spiro atoms. The van der Waals surface area contributed by atoms with Gasteiger partial charge >= 0.3 is 5.97 Å². The zero-order valence-corrected chi connectivity index (χ0v) is 22.7. The van der Waals surface area contributed by atoms with Crippen molar-refractivity contribution in [2.24, 2.45) is 0 Å². The Bertz CT molecular complexity index is 1570. The van der Waals surface area contributed by atoms with Gasteiger partial charge in [-0.15, -0.1) is 0 Å². The molecule has 38 heavy (non-hydrogen) atoms. The molecule has 0 bridgehead atoms. The molecule has 9 heteroatoms. The Morgan fingerprint density at radius 2 is 2.00 bits per heavy atom. The Kier molecular flexibility index (Phi) is 6.65. The van der Waals surface area contributed by atoms with Crippen molar-refractivity contribution in [3.63, 3.8) is 0 Å². The van der Waals surface area contributed by atoms with Gasteiger partial charge in [-0.05, 0) is 71.2 Å². The predicted octanol–water partition coefficient (Wildman–Crippen LogP) is 6.74. The zero-order chi connectivity index (χ0) is 27.4. The minimum atomic E-state index is -1.37. The van der Waals surface area contributed by atoms with Crippen LogP contribution < -0.4 is 4.74 Å². The van der Waals surface area contributed by atoms with E-state index in [2.05, 4.69) is 0 Å². The molecule has 0 saturated carbocycles. The second-order valence-corrected chi connectivity index (χ2v) is 10.9. The van der Waals surface area contributed by atoms with E-state index in [-0.39, 0.29) is 5.75 Å². The van der Waals surface area contributed by atoms with Gasteiger partial charge < -0.3 is 14.6 Å². The molecule has 0 unspecified atom stereocenters. The average Bonchev–Trinajstić information content (AvgIpc) is 3.27. The number of carbonyl (C=O) groups is 1. The molecular formula is C29H29ClFN3O4. The normalized spacial score (nSPS) is 14.3. The second kappa shape index (κ2) is 9.67. The SMILES string of the molecule is Cc1nc2cc(-c3cccc(Cl)c3)nn2c(-c2cc(F)c3c(c2C)CCCO3)c1[C@H](OC(C)(C)C)C(=O)O. The first-order chi connectivity index (χ1) is 17.9. The lowest BCUT2D eigenvalue weighted by Gasteiger charge is -2.28. The van der Waals surface area contributed by atoms with Gasteiger partial charge in [0.15, 0.2) is 23.3 Å². The second-order valence-electron chi connectivity index (χ2n) is 10.5. The van der Waals surface area contributed by atoms with Gasteiger partial charge in [-0.2, -0.15) is 5.10 Å². The van der Waals surface area contributed by atoms with E-state index >= 15 is 4.39 Å². The van der Waals surface area contributed by atoms with Crippen molar-refractivity contribution in [1.29, 1.82) is 0 Å². The van der Waals surface area contributed by atoms with E-state index in [1.807, 2.05) is 19.1 Å². The molecule has 0 aliphatic carbocycles. The molecule has 2 aromatic carbocycles. The van der Waals surface area contributed by atoms with Crippen molar-refractivity contribution in [2.75, 3.05) is 6.61 Å². The molecule has 4 aromatic rings. The quantitative estimate of drug-likeness (QED) is 0.303. The summed E-state index contributed by atoms with van der Waals surface area (Å²) in [5.41, 5.74) is 4.36. The van der Waals surface area contributed by atoms with E-state index < -0.39 is 23.5 Å². The minimum Gasteiger partial charge on any atom is -0.490 e. The van der Waals surface area contributed by atoms with E-state index in [1.54, 1.807) is 50.4 Å². The number of nitrogens with zero attached hydrogens (tertiary/aromatic N) is 3. The highest BCUT2D eigenvalue weighted by Gasteiger charge is 2.34. The first kappa shape index (κ1) is 26.1. The molecule has 1 N–H and O–H groups in total. The van der Waals surface area contributed by atoms with Crippen molar-refractivity contribution in [1.82, 2.24) is 14.6 Å². The van der Waals surface area contributed by atoms with Crippen LogP contribution in [0.2, 0.25) is 5.02 Å². The van der Waals surface area contributed by atoms with Gasteiger partial charge in [0, 0.05) is 39.0 Å². The molecule has 0 saturated heterocycles. The third-order valence-corrected chi connectivity index (χ3v) is 6.83. The van der Waals surface area contributed by atoms with Crippen molar-refractivity contribution >= 4 is 23.2 Å². The predicted molar refractivity (Wildman–Crippen MR) is 143 cm³/mol. The summed E-state index contributed by atoms with van der Waals surface area (Å²) in [6, 6.07) is 10.5. The lowest BCUT2D eigenvalue weighted by Crippen LogP contribution is -2.29. The number of aliphatic carboxylic acids is 1. The molecule has 1 atom stereocenters. The van der Waals surface area contributed by atoms with E-state index in [4.69, 9.17) is 31.2 Å². The molecule has 3 heterocycles. The molecule has 1 aliphatic heterocycles. The minimum absolute atomic E-state index is 0.252. The van der Waals surface area contributed by atoms with Crippen LogP contribution >= 0.6 is 11.6 Å². The highest BCUT2D eigenvalue weighted by Crippen LogP contribution is 2.42. The van der Waals surface area contributed by atoms with Gasteiger partial charge in [-0.25, -0.2) is 18.7 Å². The van der Waals surface area contributed by atoms with Crippen LogP contribution in [0.3, 0.4) is 0 Å². The van der Waals surface area contributed by atoms with Crippen LogP contribution in [-0.4, -0.2) is 37.9 Å². The fourth-order valence-electron chi connectivity index (χ4n) is 4.99. The summed E-state index contributed by atoms with van der Waals surface area (Å²) in [5.74, 6) is -1.42. The number of carboxylic acids is 1. The Morgan fingerprint density at radius 3 is 2.68 bits per heavy atom. The van der Waals surface area contributed by atoms with Crippen LogP contribution in [0.25, 0.3) is 28.2 Å². The third-order valence-electron chi connectivity index (χ3n) is 6.60. The molecule has 7 nitrogen and oxygen atoms in total. The topological polar surface area (TPSA) is 86.0 Å². The highest BCUT2D eigenvalue weighted by atomic mass is 35.5. The van der Waals surface area contributed by atoms with Crippen LogP contribution in [0.5, 0.6) is 5.75 Å². The lowest BCUT2D eigenvalue weighted by molar-refractivity contribution is -0.160. The van der Waals surface area contributed by atoms with Gasteiger partial charge in [0.05, 0.1) is 23.6 Å². The standard InChI is InChI=1S/C29H29ClFN3O4/c1-15-19-10-7-11-37-26(19)21(31)13-20(15)25-24(27(28(35)36)38-29(3,4)5)16(2)32-23-14-22(33-34(23)25)17-8-6-9-18(30)12-17/h6,8-9,12-14,27H,7,10-11H2,1-5H3,(H,35,36)/t27-/m0/s1. The molecule has 2 aromatic heterocycles. The Labute approximate surface area is 225 Å². The molecule has 198 valence electrons. The van der Waals surface area contributed by atoms with Crippen molar-refractivity contribution in [3.05, 3.63) is 69.6 Å². The van der Waals surface area contributed by atoms with Gasteiger partial charge in [0.1, 0.15) is 0 Å². The number of benzene rings is 2. The van der Waals surface area contributed by atoms with Gasteiger partial charge in [0.25, 0.3) is 0 Å². The Morgan fingerprint density at radius 1 is 1.24 bits per heavy atom. The van der Waals surface area contributed by atoms with E-state index in [0.29, 0.717) is 51.9 Å². The van der Waals surface area contributed by atoms with Crippen LogP contribution in [0.15, 0.2) is 36.4 Å². The largest absolute Gasteiger partial charge is 0.490 e. The maximum Gasteiger partial charge on any atom is 0.337 e. The van der Waals surface area contributed by atoms with Crippen LogP contribution in [0, 0.1) is 19.7 Å². The first-order valence-electron chi connectivity index (χ1n) is 12.5. The van der Waals surface area contributed by atoms with Crippen molar-refractivity contribution in [2.45, 2.75) is 59.2 Å². The summed E-state index contributed by atoms with van der Waals surface area (Å²) >= 11 is 6.23. The van der Waals surface area contributed by atoms with E-state index in [9.17, 15) is 9.90 Å². The monoisotopic (exact) mass is 537 g/mol. The molecule has 0 fully saturated rings. The number of fused-ring (bicyclic) bond motifs is 2. The van der Waals surface area contributed by atoms with Crippen molar-refractivity contribution < 1.29 is 23.8 Å². The highest BCUT2D eigenvalue weighted by molar-refractivity contribution is 6.30. The molecule has 5 rings (SSSR count). The number of aromatic nitrogens is 3. The first-order valence-corrected chi connectivity index (χ1v) is 12.8. The fraction of sp³-hybridized carbons (Fsp3) is 0.345. The van der Waals surface area contributed by atoms with Crippen molar-refractivity contribution in [3.8, 4) is 28.3 Å². The number of hydrogen-bond donors (Lipinski definition) is 1. The summed E-state index contributed by atoms with van der Waals surface area (Å²) in [6.45, 7) is 9.45. The van der Waals surface area contributed by atoms with Crippen LogP contribution in [0.1, 0.15) is 55.7 Å². The van der Waals surface area contributed by atoms with E-state index in [1.165, 1.54) is 6.07 Å². The number of hydrogen-bond acceptors (Lipinski definition) is 5. The lowest BCUT2D eigenvalue weighted by atomic mass is 9.91. The Hall–Kier alpha value is -3.49. The molecule has 0 amide bonds. The molecule has 1 aliphatic rings. The molecular weight excluding hydrogens is 509 g/mol. The molecule has 0 radical (unpaired) electrons. The number of aryl methyl sites for hydroxylation is 1. The summed E-state index contributed by atoms with van der Waals surface area (Å²) in [4.78, 5) is 17.3. The Balaban J connectivity index is 1.87. The number of carboxylic acid groups (broad SMARTS) is 1. The van der Waals surface area contributed by atoms with Gasteiger partial charge in [0.2, 0.25) is 0 Å². The summed E-state index contributed by atoms with van der Waals surface area (Å²) < 4.78 is 28.7. The van der Waals surface area contributed by atoms with Crippen LogP contribution in [0.4, 0.5) is 4.39 Å². The van der Waals surface area contributed by atoms with E-state index in [0.717, 1.165) is 23.1 Å². The number of rotatable bonds is 5. The maximum absolute atomic E-state index is 15.4. The third kappa shape index (κ3) is 4.74. The summed E-state index contributed by atoms with van der Waals surface area (Å²) in [7, 11) is 0. The summed E-state index contributed by atoms with van der Waals surface area (Å²) in [6.07, 6.45) is 0.0535. The zero-order valence-electron chi connectivity index (χ0n) is 21.9. The maximum atomic E-state index is 15.4.